The van der Waals surface area contributed by atoms with Crippen molar-refractivity contribution in [3.05, 3.63) is 0 Å². The standard InChI is InChI=1S/C8H17NO2/c1-2-3-6-4-8(10)7(9)5-11-6/h6-8,10H,2-5,9H2,1H3. The highest BCUT2D eigenvalue weighted by Crippen LogP contribution is 2.16. The highest BCUT2D eigenvalue weighted by molar-refractivity contribution is 4.80. The Balaban J connectivity index is 2.28. The molecule has 0 spiro atoms. The quantitative estimate of drug-likeness (QED) is 0.608. The number of hydrogen-bond donors (Lipinski definition) is 2. The smallest absolute Gasteiger partial charge is 0.0738 e. The van der Waals surface area contributed by atoms with Gasteiger partial charge < -0.3 is 15.6 Å². The van der Waals surface area contributed by atoms with E-state index in [-0.39, 0.29) is 18.2 Å². The van der Waals surface area contributed by atoms with Crippen molar-refractivity contribution in [2.24, 2.45) is 5.73 Å². The molecule has 3 nitrogen and oxygen atoms in total. The molecule has 0 aliphatic carbocycles. The number of rotatable bonds is 2. The van der Waals surface area contributed by atoms with Gasteiger partial charge in [0.15, 0.2) is 0 Å². The average Bonchev–Trinajstić information content (AvgIpc) is 1.98. The molecule has 1 aliphatic heterocycles. The SMILES string of the molecule is CCCC1CC(O)C(N)CO1. The Labute approximate surface area is 67.5 Å². The lowest BCUT2D eigenvalue weighted by atomic mass is 9.99. The zero-order chi connectivity index (χ0) is 8.27. The van der Waals surface area contributed by atoms with Gasteiger partial charge in [-0.3, -0.25) is 0 Å². The molecule has 11 heavy (non-hydrogen) atoms. The predicted octanol–water partition coefficient (Wildman–Crippen LogP) is 0.264. The minimum absolute atomic E-state index is 0.178. The van der Waals surface area contributed by atoms with Gasteiger partial charge in [0.2, 0.25) is 0 Å². The summed E-state index contributed by atoms with van der Waals surface area (Å²) >= 11 is 0. The van der Waals surface area contributed by atoms with Crippen LogP contribution in [0.25, 0.3) is 0 Å². The van der Waals surface area contributed by atoms with Crippen LogP contribution in [-0.4, -0.2) is 30.0 Å². The van der Waals surface area contributed by atoms with E-state index in [9.17, 15) is 5.11 Å². The van der Waals surface area contributed by atoms with Gasteiger partial charge in [0.1, 0.15) is 0 Å². The van der Waals surface area contributed by atoms with Crippen molar-refractivity contribution in [3.63, 3.8) is 0 Å². The molecule has 0 aromatic carbocycles. The normalized spacial score (nSPS) is 39.0. The molecule has 0 aromatic rings. The summed E-state index contributed by atoms with van der Waals surface area (Å²) < 4.78 is 5.42. The number of nitrogens with two attached hydrogens (primary N) is 1. The van der Waals surface area contributed by atoms with Crippen molar-refractivity contribution in [3.8, 4) is 0 Å². The Hall–Kier alpha value is -0.120. The summed E-state index contributed by atoms with van der Waals surface area (Å²) in [5.74, 6) is 0. The zero-order valence-electron chi connectivity index (χ0n) is 6.99. The van der Waals surface area contributed by atoms with Gasteiger partial charge in [-0.25, -0.2) is 0 Å². The van der Waals surface area contributed by atoms with Gasteiger partial charge in [0, 0.05) is 6.42 Å². The van der Waals surface area contributed by atoms with Crippen LogP contribution in [0.4, 0.5) is 0 Å². The monoisotopic (exact) mass is 159 g/mol. The second kappa shape index (κ2) is 4.04. The van der Waals surface area contributed by atoms with Gasteiger partial charge in [0.25, 0.3) is 0 Å². The fraction of sp³-hybridized carbons (Fsp3) is 1.00. The summed E-state index contributed by atoms with van der Waals surface area (Å²) in [5, 5.41) is 9.37. The fourth-order valence-corrected chi connectivity index (χ4v) is 1.39. The van der Waals surface area contributed by atoms with Crippen molar-refractivity contribution in [2.75, 3.05) is 6.61 Å². The first kappa shape index (κ1) is 8.97. The average molecular weight is 159 g/mol. The van der Waals surface area contributed by atoms with Crippen LogP contribution in [0, 0.1) is 0 Å². The second-order valence-electron chi connectivity index (χ2n) is 3.21. The Morgan fingerprint density at radius 2 is 2.36 bits per heavy atom. The van der Waals surface area contributed by atoms with Gasteiger partial charge >= 0.3 is 0 Å². The molecule has 0 saturated carbocycles. The maximum atomic E-state index is 9.37. The first-order valence-corrected chi connectivity index (χ1v) is 4.29. The van der Waals surface area contributed by atoms with Crippen molar-refractivity contribution >= 4 is 0 Å². The van der Waals surface area contributed by atoms with Crippen LogP contribution >= 0.6 is 0 Å². The Morgan fingerprint density at radius 1 is 1.64 bits per heavy atom. The van der Waals surface area contributed by atoms with E-state index in [1.807, 2.05) is 0 Å². The van der Waals surface area contributed by atoms with Crippen LogP contribution in [0.1, 0.15) is 26.2 Å². The van der Waals surface area contributed by atoms with E-state index in [2.05, 4.69) is 6.92 Å². The fourth-order valence-electron chi connectivity index (χ4n) is 1.39. The number of aliphatic hydroxyl groups excluding tert-OH is 1. The minimum Gasteiger partial charge on any atom is -0.391 e. The number of hydrogen-bond acceptors (Lipinski definition) is 3. The molecule has 3 unspecified atom stereocenters. The number of ether oxygens (including phenoxy) is 1. The second-order valence-corrected chi connectivity index (χ2v) is 3.21. The van der Waals surface area contributed by atoms with Crippen LogP contribution < -0.4 is 5.73 Å². The number of aliphatic hydroxyl groups is 1. The summed E-state index contributed by atoms with van der Waals surface area (Å²) in [5.41, 5.74) is 5.56. The highest BCUT2D eigenvalue weighted by Gasteiger charge is 2.26. The molecule has 1 rings (SSSR count). The third kappa shape index (κ3) is 2.43. The third-order valence-electron chi connectivity index (χ3n) is 2.13. The molecule has 0 aromatic heterocycles. The lowest BCUT2D eigenvalue weighted by Gasteiger charge is -2.30. The molecule has 3 N–H and O–H groups in total. The zero-order valence-corrected chi connectivity index (χ0v) is 6.99. The van der Waals surface area contributed by atoms with Crippen LogP contribution in [-0.2, 0) is 4.74 Å². The molecular formula is C8H17NO2. The lowest BCUT2D eigenvalue weighted by Crippen LogP contribution is -2.46. The van der Waals surface area contributed by atoms with Gasteiger partial charge in [-0.2, -0.15) is 0 Å². The summed E-state index contributed by atoms with van der Waals surface area (Å²) in [7, 11) is 0. The molecule has 3 heteroatoms. The van der Waals surface area contributed by atoms with E-state index in [0.717, 1.165) is 12.8 Å². The Morgan fingerprint density at radius 3 is 2.91 bits per heavy atom. The molecule has 0 bridgehead atoms. The molecule has 66 valence electrons. The van der Waals surface area contributed by atoms with E-state index < -0.39 is 0 Å². The van der Waals surface area contributed by atoms with Crippen molar-refractivity contribution < 1.29 is 9.84 Å². The first-order chi connectivity index (χ1) is 5.24. The van der Waals surface area contributed by atoms with Crippen LogP contribution in [0.5, 0.6) is 0 Å². The topological polar surface area (TPSA) is 55.5 Å². The van der Waals surface area contributed by atoms with Crippen LogP contribution in [0.2, 0.25) is 0 Å². The molecule has 1 saturated heterocycles. The van der Waals surface area contributed by atoms with E-state index in [1.54, 1.807) is 0 Å². The summed E-state index contributed by atoms with van der Waals surface area (Å²) in [6, 6.07) is -0.178. The molecular weight excluding hydrogens is 142 g/mol. The van der Waals surface area contributed by atoms with Crippen molar-refractivity contribution in [1.29, 1.82) is 0 Å². The van der Waals surface area contributed by atoms with E-state index in [0.29, 0.717) is 13.0 Å². The molecule has 3 atom stereocenters. The van der Waals surface area contributed by atoms with Gasteiger partial charge in [0.05, 0.1) is 24.9 Å². The van der Waals surface area contributed by atoms with E-state index in [1.165, 1.54) is 0 Å². The van der Waals surface area contributed by atoms with Gasteiger partial charge in [-0.05, 0) is 6.42 Å². The Bertz CT molecular complexity index is 119. The van der Waals surface area contributed by atoms with E-state index in [4.69, 9.17) is 10.5 Å². The predicted molar refractivity (Wildman–Crippen MR) is 43.2 cm³/mol. The van der Waals surface area contributed by atoms with E-state index >= 15 is 0 Å². The van der Waals surface area contributed by atoms with Crippen LogP contribution in [0.3, 0.4) is 0 Å². The summed E-state index contributed by atoms with van der Waals surface area (Å²) in [6.45, 7) is 2.62. The third-order valence-corrected chi connectivity index (χ3v) is 2.13. The van der Waals surface area contributed by atoms with Crippen LogP contribution in [0.15, 0.2) is 0 Å². The minimum atomic E-state index is -0.361. The lowest BCUT2D eigenvalue weighted by molar-refractivity contribution is -0.0594. The summed E-state index contributed by atoms with van der Waals surface area (Å²) in [6.07, 6.45) is 2.71. The van der Waals surface area contributed by atoms with Crippen molar-refractivity contribution in [2.45, 2.75) is 44.4 Å². The maximum absolute atomic E-state index is 9.37. The molecule has 0 amide bonds. The van der Waals surface area contributed by atoms with Gasteiger partial charge in [-0.15, -0.1) is 0 Å². The first-order valence-electron chi connectivity index (χ1n) is 4.29. The highest BCUT2D eigenvalue weighted by atomic mass is 16.5. The largest absolute Gasteiger partial charge is 0.391 e. The molecule has 0 radical (unpaired) electrons. The molecule has 1 aliphatic rings. The summed E-state index contributed by atoms with van der Waals surface area (Å²) in [4.78, 5) is 0. The molecule has 1 fully saturated rings. The van der Waals surface area contributed by atoms with Gasteiger partial charge in [-0.1, -0.05) is 13.3 Å². The maximum Gasteiger partial charge on any atom is 0.0738 e. The Kier molecular flexibility index (Phi) is 3.30. The van der Waals surface area contributed by atoms with Crippen molar-refractivity contribution in [1.82, 2.24) is 0 Å². The molecule has 1 heterocycles.